The van der Waals surface area contributed by atoms with E-state index in [2.05, 4.69) is 10.6 Å². The van der Waals surface area contributed by atoms with E-state index in [1.807, 2.05) is 0 Å². The number of ether oxygens (including phenoxy) is 1. The maximum Gasteiger partial charge on any atom is 0.325 e. The number of carbonyl (C=O) groups excluding carboxylic acids is 3. The number of nitro benzene ring substituents is 1. The molecule has 30 heavy (non-hydrogen) atoms. The molecular weight excluding hydrogens is 416 g/mol. The molecule has 3 rings (SSSR count). The monoisotopic (exact) mass is 432 g/mol. The highest BCUT2D eigenvalue weighted by molar-refractivity contribution is 6.32. The zero-order chi connectivity index (χ0) is 22.1. The van der Waals surface area contributed by atoms with Crippen LogP contribution in [-0.4, -0.2) is 41.3 Å². The molecule has 2 aromatic rings. The first-order chi connectivity index (χ1) is 14.2. The number of methoxy groups -OCH3 is 1. The van der Waals surface area contributed by atoms with E-state index < -0.39 is 34.9 Å². The minimum atomic E-state index is -1.44. The number of urea groups is 1. The van der Waals surface area contributed by atoms with Crippen molar-refractivity contribution in [1.82, 2.24) is 10.2 Å². The Balaban J connectivity index is 1.80. The van der Waals surface area contributed by atoms with Gasteiger partial charge in [0, 0.05) is 10.6 Å². The number of amides is 4. The van der Waals surface area contributed by atoms with Gasteiger partial charge in [-0.15, -0.1) is 0 Å². The van der Waals surface area contributed by atoms with Gasteiger partial charge >= 0.3 is 6.03 Å². The average Bonchev–Trinajstić information content (AvgIpc) is 2.92. The summed E-state index contributed by atoms with van der Waals surface area (Å²) in [4.78, 5) is 49.0. The minimum Gasteiger partial charge on any atom is -0.496 e. The Morgan fingerprint density at radius 3 is 2.63 bits per heavy atom. The summed E-state index contributed by atoms with van der Waals surface area (Å²) >= 11 is 6.16. The number of benzene rings is 2. The quantitative estimate of drug-likeness (QED) is 0.410. The van der Waals surface area contributed by atoms with E-state index in [9.17, 15) is 24.5 Å². The van der Waals surface area contributed by atoms with E-state index in [1.54, 1.807) is 24.3 Å². The van der Waals surface area contributed by atoms with Crippen molar-refractivity contribution in [1.29, 1.82) is 0 Å². The van der Waals surface area contributed by atoms with Crippen molar-refractivity contribution in [2.75, 3.05) is 19.0 Å². The van der Waals surface area contributed by atoms with Gasteiger partial charge in [-0.05, 0) is 25.1 Å². The Kier molecular flexibility index (Phi) is 5.61. The van der Waals surface area contributed by atoms with Crippen LogP contribution in [0.1, 0.15) is 12.5 Å². The molecule has 1 fully saturated rings. The van der Waals surface area contributed by atoms with Gasteiger partial charge in [-0.25, -0.2) is 4.79 Å². The van der Waals surface area contributed by atoms with Crippen LogP contribution in [0.5, 0.6) is 5.75 Å². The predicted octanol–water partition coefficient (Wildman–Crippen LogP) is 2.66. The minimum absolute atomic E-state index is 0.0910. The molecule has 1 heterocycles. The standard InChI is InChI=1S/C19H17ClN4O6/c1-19(12-5-3-4-6-13(12)20)17(26)23(18(27)22-19)10-16(25)21-14-8-7-11(30-2)9-15(14)24(28)29/h3-9H,10H2,1-2H3,(H,21,25)(H,22,27). The third kappa shape index (κ3) is 3.77. The van der Waals surface area contributed by atoms with Crippen molar-refractivity contribution in [2.45, 2.75) is 12.5 Å². The lowest BCUT2D eigenvalue weighted by atomic mass is 9.92. The molecule has 0 spiro atoms. The van der Waals surface area contributed by atoms with Crippen LogP contribution in [0, 0.1) is 10.1 Å². The van der Waals surface area contributed by atoms with Gasteiger partial charge in [0.2, 0.25) is 5.91 Å². The van der Waals surface area contributed by atoms with Gasteiger partial charge in [0.25, 0.3) is 11.6 Å². The summed E-state index contributed by atoms with van der Waals surface area (Å²) in [5, 5.41) is 16.4. The van der Waals surface area contributed by atoms with Crippen molar-refractivity contribution >= 4 is 40.8 Å². The fourth-order valence-corrected chi connectivity index (χ4v) is 3.44. The van der Waals surface area contributed by atoms with Crippen molar-refractivity contribution in [3.63, 3.8) is 0 Å². The lowest BCUT2D eigenvalue weighted by Crippen LogP contribution is -2.42. The molecule has 1 saturated heterocycles. The Morgan fingerprint density at radius 2 is 2.00 bits per heavy atom. The number of halogens is 1. The number of carbonyl (C=O) groups is 3. The van der Waals surface area contributed by atoms with Crippen LogP contribution in [0.15, 0.2) is 42.5 Å². The lowest BCUT2D eigenvalue weighted by molar-refractivity contribution is -0.384. The molecule has 1 atom stereocenters. The smallest absolute Gasteiger partial charge is 0.325 e. The second-order valence-corrected chi connectivity index (χ2v) is 7.02. The lowest BCUT2D eigenvalue weighted by Gasteiger charge is -2.23. The molecule has 2 aromatic carbocycles. The molecule has 0 aromatic heterocycles. The van der Waals surface area contributed by atoms with Gasteiger partial charge in [0.15, 0.2) is 0 Å². The number of rotatable bonds is 6. The van der Waals surface area contributed by atoms with E-state index in [0.29, 0.717) is 5.56 Å². The van der Waals surface area contributed by atoms with Crippen molar-refractivity contribution in [3.8, 4) is 5.75 Å². The second-order valence-electron chi connectivity index (χ2n) is 6.61. The summed E-state index contributed by atoms with van der Waals surface area (Å²) in [5.74, 6) is -1.21. The first-order valence-corrected chi connectivity index (χ1v) is 9.06. The molecule has 0 radical (unpaired) electrons. The number of nitro groups is 1. The molecule has 10 nitrogen and oxygen atoms in total. The van der Waals surface area contributed by atoms with Crippen LogP contribution < -0.4 is 15.4 Å². The molecule has 1 aliphatic heterocycles. The van der Waals surface area contributed by atoms with E-state index in [-0.39, 0.29) is 22.1 Å². The summed E-state index contributed by atoms with van der Waals surface area (Å²) in [7, 11) is 1.35. The number of anilines is 1. The summed E-state index contributed by atoms with van der Waals surface area (Å²) in [6.45, 7) is 0.856. The summed E-state index contributed by atoms with van der Waals surface area (Å²) in [6.07, 6.45) is 0. The van der Waals surface area contributed by atoms with E-state index in [1.165, 1.54) is 26.2 Å². The Bertz CT molecular complexity index is 1060. The second kappa shape index (κ2) is 7.99. The van der Waals surface area contributed by atoms with E-state index in [4.69, 9.17) is 16.3 Å². The zero-order valence-electron chi connectivity index (χ0n) is 16.0. The number of nitrogens with one attached hydrogen (secondary N) is 2. The van der Waals surface area contributed by atoms with Crippen LogP contribution in [0.25, 0.3) is 0 Å². The molecule has 156 valence electrons. The first-order valence-electron chi connectivity index (χ1n) is 8.68. The number of hydrogen-bond acceptors (Lipinski definition) is 6. The van der Waals surface area contributed by atoms with Crippen LogP contribution in [0.2, 0.25) is 5.02 Å². The molecule has 11 heteroatoms. The molecule has 0 bridgehead atoms. The van der Waals surface area contributed by atoms with Gasteiger partial charge in [-0.2, -0.15) is 0 Å². The summed E-state index contributed by atoms with van der Waals surface area (Å²) in [6, 6.07) is 9.65. The van der Waals surface area contributed by atoms with Gasteiger partial charge in [-0.3, -0.25) is 24.6 Å². The summed E-state index contributed by atoms with van der Waals surface area (Å²) in [5.41, 5.74) is -1.53. The predicted molar refractivity (Wildman–Crippen MR) is 107 cm³/mol. The first kappa shape index (κ1) is 21.1. The maximum absolute atomic E-state index is 12.9. The number of hydrogen-bond donors (Lipinski definition) is 2. The number of nitrogens with zero attached hydrogens (tertiary/aromatic N) is 2. The van der Waals surface area contributed by atoms with Gasteiger partial charge in [-0.1, -0.05) is 29.8 Å². The Labute approximate surface area is 175 Å². The SMILES string of the molecule is COc1ccc(NC(=O)CN2C(=O)NC(C)(c3ccccc3Cl)C2=O)c([N+](=O)[O-])c1. The Morgan fingerprint density at radius 1 is 1.30 bits per heavy atom. The van der Waals surface area contributed by atoms with Crippen LogP contribution in [0.4, 0.5) is 16.2 Å². The third-order valence-corrected chi connectivity index (χ3v) is 4.99. The highest BCUT2D eigenvalue weighted by Gasteiger charge is 2.50. The Hall–Kier alpha value is -3.66. The maximum atomic E-state index is 12.9. The van der Waals surface area contributed by atoms with Gasteiger partial charge < -0.3 is 15.4 Å². The van der Waals surface area contributed by atoms with Crippen LogP contribution in [-0.2, 0) is 15.1 Å². The molecule has 1 unspecified atom stereocenters. The van der Waals surface area contributed by atoms with Crippen molar-refractivity contribution in [3.05, 3.63) is 63.2 Å². The van der Waals surface area contributed by atoms with Crippen LogP contribution in [0.3, 0.4) is 0 Å². The fraction of sp³-hybridized carbons (Fsp3) is 0.211. The van der Waals surface area contributed by atoms with E-state index >= 15 is 0 Å². The van der Waals surface area contributed by atoms with E-state index in [0.717, 1.165) is 11.0 Å². The zero-order valence-corrected chi connectivity index (χ0v) is 16.7. The molecule has 1 aliphatic rings. The fourth-order valence-electron chi connectivity index (χ4n) is 3.12. The highest BCUT2D eigenvalue weighted by atomic mass is 35.5. The highest BCUT2D eigenvalue weighted by Crippen LogP contribution is 2.33. The molecule has 0 aliphatic carbocycles. The normalized spacial score (nSPS) is 18.2. The van der Waals surface area contributed by atoms with Crippen molar-refractivity contribution < 1.29 is 24.0 Å². The average molecular weight is 433 g/mol. The summed E-state index contributed by atoms with van der Waals surface area (Å²) < 4.78 is 4.94. The van der Waals surface area contributed by atoms with Crippen LogP contribution >= 0.6 is 11.6 Å². The molecular formula is C19H17ClN4O6. The topological polar surface area (TPSA) is 131 Å². The van der Waals surface area contributed by atoms with Gasteiger partial charge in [0.05, 0.1) is 18.1 Å². The molecule has 2 N–H and O–H groups in total. The number of imide groups is 1. The largest absolute Gasteiger partial charge is 0.496 e. The van der Waals surface area contributed by atoms with Gasteiger partial charge in [0.1, 0.15) is 23.5 Å². The molecule has 0 saturated carbocycles. The molecule has 4 amide bonds. The third-order valence-electron chi connectivity index (χ3n) is 4.66. The van der Waals surface area contributed by atoms with Crippen molar-refractivity contribution in [2.24, 2.45) is 0 Å².